The minimum Gasteiger partial charge on any atom is -0.341 e. The molecule has 0 N–H and O–H groups in total. The molecule has 0 bridgehead atoms. The van der Waals surface area contributed by atoms with E-state index in [0.29, 0.717) is 10.6 Å². The Morgan fingerprint density at radius 3 is 2.79 bits per heavy atom. The average Bonchev–Trinajstić information content (AvgIpc) is 3.11. The second-order valence-corrected chi connectivity index (χ2v) is 7.96. The second-order valence-electron chi connectivity index (χ2n) is 6.61. The maximum atomic E-state index is 13.9. The van der Waals surface area contributed by atoms with E-state index < -0.39 is 5.82 Å². The lowest BCUT2D eigenvalue weighted by Gasteiger charge is -2.18. The zero-order chi connectivity index (χ0) is 20.3. The first kappa shape index (κ1) is 20.4. The summed E-state index contributed by atoms with van der Waals surface area (Å²) in [5.41, 5.74) is 3.68. The Morgan fingerprint density at radius 2 is 2.07 bits per heavy atom. The summed E-state index contributed by atoms with van der Waals surface area (Å²) < 4.78 is 15.9. The Bertz CT molecular complexity index is 985. The summed E-state index contributed by atoms with van der Waals surface area (Å²) in [6.45, 7) is 4.22. The monoisotopic (exact) mass is 417 g/mol. The van der Waals surface area contributed by atoms with Gasteiger partial charge in [0.15, 0.2) is 5.16 Å². The van der Waals surface area contributed by atoms with Gasteiger partial charge in [-0.15, -0.1) is 0 Å². The molecule has 0 atom stereocenters. The highest BCUT2D eigenvalue weighted by Crippen LogP contribution is 2.24. The van der Waals surface area contributed by atoms with E-state index in [4.69, 9.17) is 11.6 Å². The molecule has 1 amide bonds. The van der Waals surface area contributed by atoms with E-state index in [1.54, 1.807) is 25.4 Å². The molecular formula is C21H21ClFN3OS. The molecule has 146 valence electrons. The quantitative estimate of drug-likeness (QED) is 0.528. The van der Waals surface area contributed by atoms with Crippen LogP contribution in [0.5, 0.6) is 0 Å². The number of carbonyl (C=O) groups excluding carboxylic acids is 1. The number of hydrogen-bond donors (Lipinski definition) is 0. The van der Waals surface area contributed by atoms with Crippen molar-refractivity contribution in [2.75, 3.05) is 12.8 Å². The third-order valence-electron chi connectivity index (χ3n) is 4.43. The molecule has 3 rings (SSSR count). The predicted octanol–water partition coefficient (Wildman–Crippen LogP) is 5.03. The minimum atomic E-state index is -0.412. The van der Waals surface area contributed by atoms with Gasteiger partial charge in [-0.1, -0.05) is 47.1 Å². The van der Waals surface area contributed by atoms with Crippen LogP contribution in [-0.4, -0.2) is 33.2 Å². The lowest BCUT2D eigenvalue weighted by atomic mass is 10.1. The van der Waals surface area contributed by atoms with Crippen molar-refractivity contribution in [3.63, 3.8) is 0 Å². The molecule has 0 unspecified atom stereocenters. The molecule has 0 aliphatic rings. The Hall–Kier alpha value is -2.31. The Kier molecular flexibility index (Phi) is 6.42. The van der Waals surface area contributed by atoms with E-state index in [-0.39, 0.29) is 18.2 Å². The van der Waals surface area contributed by atoms with Crippen LogP contribution in [0.3, 0.4) is 0 Å². The van der Waals surface area contributed by atoms with Crippen molar-refractivity contribution in [3.05, 3.63) is 76.3 Å². The summed E-state index contributed by atoms with van der Waals surface area (Å²) in [6.07, 6.45) is 3.60. The van der Waals surface area contributed by atoms with Crippen LogP contribution < -0.4 is 0 Å². The van der Waals surface area contributed by atoms with Crippen LogP contribution in [0.2, 0.25) is 5.02 Å². The standard InChI is InChI=1S/C21H21ClFN3OS/c1-14-7-8-19(15(2)11-14)26-10-9-24-21(26)28-13-20(27)25(3)12-16-17(22)5-4-6-18(16)23/h4-11H,12-13H2,1-3H3. The van der Waals surface area contributed by atoms with Crippen LogP contribution in [0.1, 0.15) is 16.7 Å². The van der Waals surface area contributed by atoms with Gasteiger partial charge >= 0.3 is 0 Å². The fourth-order valence-electron chi connectivity index (χ4n) is 2.90. The number of aromatic nitrogens is 2. The fraction of sp³-hybridized carbons (Fsp3) is 0.238. The van der Waals surface area contributed by atoms with Crippen molar-refractivity contribution in [1.82, 2.24) is 14.5 Å². The third kappa shape index (κ3) is 4.56. The molecular weight excluding hydrogens is 397 g/mol. The molecule has 0 saturated carbocycles. The Labute approximate surface area is 173 Å². The SMILES string of the molecule is Cc1ccc(-n2ccnc2SCC(=O)N(C)Cc2c(F)cccc2Cl)c(C)c1. The number of halogens is 2. The van der Waals surface area contributed by atoms with E-state index >= 15 is 0 Å². The Morgan fingerprint density at radius 1 is 1.29 bits per heavy atom. The van der Waals surface area contributed by atoms with Crippen LogP contribution in [0.15, 0.2) is 53.9 Å². The van der Waals surface area contributed by atoms with Crippen LogP contribution in [0.4, 0.5) is 4.39 Å². The highest BCUT2D eigenvalue weighted by atomic mass is 35.5. The number of nitrogens with zero attached hydrogens (tertiary/aromatic N) is 3. The number of carbonyl (C=O) groups is 1. The molecule has 1 heterocycles. The van der Waals surface area contributed by atoms with Crippen molar-refractivity contribution in [1.29, 1.82) is 0 Å². The Balaban J connectivity index is 1.68. The van der Waals surface area contributed by atoms with Crippen LogP contribution >= 0.6 is 23.4 Å². The zero-order valence-electron chi connectivity index (χ0n) is 15.9. The number of aryl methyl sites for hydroxylation is 2. The van der Waals surface area contributed by atoms with Gasteiger partial charge in [0.05, 0.1) is 11.4 Å². The molecule has 1 aromatic heterocycles. The number of imidazole rings is 1. The molecule has 7 heteroatoms. The smallest absolute Gasteiger partial charge is 0.233 e. The van der Waals surface area contributed by atoms with Gasteiger partial charge in [-0.2, -0.15) is 0 Å². The molecule has 0 fully saturated rings. The van der Waals surface area contributed by atoms with E-state index in [1.807, 2.05) is 29.8 Å². The van der Waals surface area contributed by atoms with Gasteiger partial charge in [0, 0.05) is 36.6 Å². The molecule has 0 spiro atoms. The molecule has 28 heavy (non-hydrogen) atoms. The van der Waals surface area contributed by atoms with Crippen molar-refractivity contribution < 1.29 is 9.18 Å². The van der Waals surface area contributed by atoms with E-state index in [1.165, 1.54) is 28.3 Å². The van der Waals surface area contributed by atoms with Crippen molar-refractivity contribution in [2.24, 2.45) is 0 Å². The molecule has 2 aromatic carbocycles. The van der Waals surface area contributed by atoms with Gasteiger partial charge in [0.2, 0.25) is 5.91 Å². The largest absolute Gasteiger partial charge is 0.341 e. The summed E-state index contributed by atoms with van der Waals surface area (Å²) >= 11 is 7.41. The number of thioether (sulfide) groups is 1. The average molecular weight is 418 g/mol. The summed E-state index contributed by atoms with van der Waals surface area (Å²) in [5.74, 6) is -0.338. The molecule has 0 aliphatic heterocycles. The highest BCUT2D eigenvalue weighted by molar-refractivity contribution is 7.99. The normalized spacial score (nSPS) is 10.9. The van der Waals surface area contributed by atoms with Gasteiger partial charge in [0.25, 0.3) is 0 Å². The van der Waals surface area contributed by atoms with Crippen molar-refractivity contribution in [3.8, 4) is 5.69 Å². The predicted molar refractivity (Wildman–Crippen MR) is 112 cm³/mol. The topological polar surface area (TPSA) is 38.1 Å². The second kappa shape index (κ2) is 8.80. The first-order valence-electron chi connectivity index (χ1n) is 8.77. The maximum absolute atomic E-state index is 13.9. The molecule has 0 saturated heterocycles. The molecule has 3 aromatic rings. The molecule has 0 aliphatic carbocycles. The first-order chi connectivity index (χ1) is 13.4. The van der Waals surface area contributed by atoms with Crippen molar-refractivity contribution in [2.45, 2.75) is 25.5 Å². The van der Waals surface area contributed by atoms with Crippen LogP contribution in [0, 0.1) is 19.7 Å². The summed E-state index contributed by atoms with van der Waals surface area (Å²) in [7, 11) is 1.64. The summed E-state index contributed by atoms with van der Waals surface area (Å²) in [5, 5.41) is 1.05. The first-order valence-corrected chi connectivity index (χ1v) is 10.1. The zero-order valence-corrected chi connectivity index (χ0v) is 17.5. The maximum Gasteiger partial charge on any atom is 0.233 e. The highest BCUT2D eigenvalue weighted by Gasteiger charge is 2.16. The van der Waals surface area contributed by atoms with Gasteiger partial charge in [-0.25, -0.2) is 9.37 Å². The van der Waals surface area contributed by atoms with Crippen LogP contribution in [-0.2, 0) is 11.3 Å². The van der Waals surface area contributed by atoms with E-state index in [9.17, 15) is 9.18 Å². The van der Waals surface area contributed by atoms with Gasteiger partial charge in [-0.3, -0.25) is 9.36 Å². The number of benzene rings is 2. The van der Waals surface area contributed by atoms with Crippen LogP contribution in [0.25, 0.3) is 5.69 Å². The van der Waals surface area contributed by atoms with Crippen molar-refractivity contribution >= 4 is 29.3 Å². The minimum absolute atomic E-state index is 0.121. The summed E-state index contributed by atoms with van der Waals surface area (Å²) in [6, 6.07) is 10.7. The molecule has 4 nitrogen and oxygen atoms in total. The summed E-state index contributed by atoms with van der Waals surface area (Å²) in [4.78, 5) is 18.4. The third-order valence-corrected chi connectivity index (χ3v) is 5.73. The van der Waals surface area contributed by atoms with Gasteiger partial charge in [0.1, 0.15) is 5.82 Å². The number of hydrogen-bond acceptors (Lipinski definition) is 3. The number of rotatable bonds is 6. The van der Waals surface area contributed by atoms with Gasteiger partial charge < -0.3 is 4.90 Å². The number of amides is 1. The van der Waals surface area contributed by atoms with E-state index in [2.05, 4.69) is 18.0 Å². The lowest BCUT2D eigenvalue weighted by molar-refractivity contribution is -0.127. The van der Waals surface area contributed by atoms with E-state index in [0.717, 1.165) is 16.4 Å². The molecule has 0 radical (unpaired) electrons. The lowest BCUT2D eigenvalue weighted by Crippen LogP contribution is -2.28. The fourth-order valence-corrected chi connectivity index (χ4v) is 4.03. The van der Waals surface area contributed by atoms with Gasteiger partial charge in [-0.05, 0) is 37.6 Å².